The second-order valence-electron chi connectivity index (χ2n) is 3.61. The maximum absolute atomic E-state index is 12.9. The molecule has 1 aromatic carbocycles. The molecule has 14 heavy (non-hydrogen) atoms. The van der Waals surface area contributed by atoms with Crippen LogP contribution in [0.1, 0.15) is 23.6 Å². The molecule has 1 aliphatic carbocycles. The second kappa shape index (κ2) is 4.07. The zero-order valence-electron chi connectivity index (χ0n) is 7.96. The molecule has 0 radical (unpaired) electrons. The maximum atomic E-state index is 12.9. The van der Waals surface area contributed by atoms with E-state index < -0.39 is 0 Å². The Balaban J connectivity index is 2.14. The zero-order valence-corrected chi connectivity index (χ0v) is 7.96. The van der Waals surface area contributed by atoms with Crippen LogP contribution in [0, 0.1) is 5.82 Å². The van der Waals surface area contributed by atoms with Crippen LogP contribution in [-0.2, 0) is 6.42 Å². The minimum atomic E-state index is -0.161. The van der Waals surface area contributed by atoms with Gasteiger partial charge in [-0.3, -0.25) is 0 Å². The van der Waals surface area contributed by atoms with Crippen molar-refractivity contribution >= 4 is 0 Å². The van der Waals surface area contributed by atoms with E-state index in [1.54, 1.807) is 6.07 Å². The van der Waals surface area contributed by atoms with Gasteiger partial charge >= 0.3 is 0 Å². The fourth-order valence-corrected chi connectivity index (χ4v) is 2.04. The summed E-state index contributed by atoms with van der Waals surface area (Å²) in [5.74, 6) is -0.161. The zero-order chi connectivity index (χ0) is 9.97. The lowest BCUT2D eigenvalue weighted by Crippen LogP contribution is -2.22. The third kappa shape index (κ3) is 1.79. The van der Waals surface area contributed by atoms with Crippen molar-refractivity contribution in [1.29, 1.82) is 0 Å². The molecule has 1 aromatic rings. The summed E-state index contributed by atoms with van der Waals surface area (Å²) in [4.78, 5) is 0. The van der Waals surface area contributed by atoms with Crippen molar-refractivity contribution in [3.63, 3.8) is 0 Å². The third-order valence-electron chi connectivity index (χ3n) is 2.69. The van der Waals surface area contributed by atoms with Gasteiger partial charge in [0.05, 0.1) is 6.61 Å². The fourth-order valence-electron chi connectivity index (χ4n) is 2.04. The lowest BCUT2D eigenvalue weighted by atomic mass is 10.1. The molecule has 1 unspecified atom stereocenters. The lowest BCUT2D eigenvalue weighted by Gasteiger charge is -2.12. The van der Waals surface area contributed by atoms with Crippen molar-refractivity contribution in [2.75, 3.05) is 13.2 Å². The number of aliphatic hydroxyl groups is 1. The Bertz CT molecular complexity index is 327. The highest BCUT2D eigenvalue weighted by atomic mass is 19.1. The Hall–Kier alpha value is -0.930. The van der Waals surface area contributed by atoms with Crippen LogP contribution in [0.15, 0.2) is 18.2 Å². The number of aliphatic hydroxyl groups excluding tert-OH is 1. The van der Waals surface area contributed by atoms with E-state index in [4.69, 9.17) is 5.11 Å². The molecule has 1 atom stereocenters. The number of nitrogens with one attached hydrogen (secondary N) is 1. The molecule has 0 saturated heterocycles. The molecule has 2 nitrogen and oxygen atoms in total. The number of fused-ring (bicyclic) bond motifs is 1. The van der Waals surface area contributed by atoms with Gasteiger partial charge in [0, 0.05) is 12.6 Å². The molecule has 3 heteroatoms. The van der Waals surface area contributed by atoms with Crippen LogP contribution in [0.4, 0.5) is 4.39 Å². The van der Waals surface area contributed by atoms with Gasteiger partial charge in [-0.25, -0.2) is 4.39 Å². The SMILES string of the molecule is OCCNC1CCc2cc(F)ccc21. The first kappa shape index (κ1) is 9.62. The van der Waals surface area contributed by atoms with E-state index in [-0.39, 0.29) is 18.5 Å². The molecule has 2 rings (SSSR count). The Morgan fingerprint density at radius 1 is 1.50 bits per heavy atom. The van der Waals surface area contributed by atoms with Gasteiger partial charge in [0.15, 0.2) is 0 Å². The highest BCUT2D eigenvalue weighted by molar-refractivity contribution is 5.34. The Morgan fingerprint density at radius 2 is 2.36 bits per heavy atom. The second-order valence-corrected chi connectivity index (χ2v) is 3.61. The Kier molecular flexibility index (Phi) is 2.79. The number of hydrogen-bond acceptors (Lipinski definition) is 2. The van der Waals surface area contributed by atoms with E-state index in [0.29, 0.717) is 6.54 Å². The van der Waals surface area contributed by atoms with Crippen molar-refractivity contribution in [1.82, 2.24) is 5.32 Å². The first-order valence-corrected chi connectivity index (χ1v) is 4.94. The topological polar surface area (TPSA) is 32.3 Å². The van der Waals surface area contributed by atoms with E-state index in [0.717, 1.165) is 18.4 Å². The molecule has 0 aliphatic heterocycles. The average Bonchev–Trinajstić information content (AvgIpc) is 2.57. The minimum absolute atomic E-state index is 0.146. The molecular weight excluding hydrogens is 181 g/mol. The summed E-state index contributed by atoms with van der Waals surface area (Å²) in [6.07, 6.45) is 1.93. The van der Waals surface area contributed by atoms with Gasteiger partial charge in [-0.1, -0.05) is 6.07 Å². The summed E-state index contributed by atoms with van der Waals surface area (Å²) < 4.78 is 12.9. The standard InChI is InChI=1S/C11H14FNO/c12-9-2-3-10-8(7-9)1-4-11(10)13-5-6-14/h2-3,7,11,13-14H,1,4-6H2. The molecule has 2 N–H and O–H groups in total. The largest absolute Gasteiger partial charge is 0.395 e. The molecule has 0 fully saturated rings. The van der Waals surface area contributed by atoms with Gasteiger partial charge in [0.25, 0.3) is 0 Å². The van der Waals surface area contributed by atoms with Crippen LogP contribution < -0.4 is 5.32 Å². The van der Waals surface area contributed by atoms with Crippen molar-refractivity contribution in [2.45, 2.75) is 18.9 Å². The van der Waals surface area contributed by atoms with E-state index in [1.165, 1.54) is 11.6 Å². The quantitative estimate of drug-likeness (QED) is 0.764. The van der Waals surface area contributed by atoms with Gasteiger partial charge in [-0.2, -0.15) is 0 Å². The van der Waals surface area contributed by atoms with E-state index in [1.807, 2.05) is 6.07 Å². The van der Waals surface area contributed by atoms with Crippen LogP contribution in [0.5, 0.6) is 0 Å². The molecule has 0 spiro atoms. The van der Waals surface area contributed by atoms with Crippen molar-refractivity contribution in [3.05, 3.63) is 35.1 Å². The number of rotatable bonds is 3. The normalized spacial score (nSPS) is 19.7. The summed E-state index contributed by atoms with van der Waals surface area (Å²) in [6, 6.07) is 5.23. The highest BCUT2D eigenvalue weighted by Gasteiger charge is 2.21. The predicted octanol–water partition coefficient (Wildman–Crippen LogP) is 1.39. The van der Waals surface area contributed by atoms with Crippen LogP contribution in [-0.4, -0.2) is 18.3 Å². The van der Waals surface area contributed by atoms with Crippen LogP contribution in [0.2, 0.25) is 0 Å². The first-order chi connectivity index (χ1) is 6.81. The molecule has 1 aliphatic rings. The van der Waals surface area contributed by atoms with Crippen molar-refractivity contribution in [2.24, 2.45) is 0 Å². The molecule has 0 aromatic heterocycles. The van der Waals surface area contributed by atoms with Crippen molar-refractivity contribution in [3.8, 4) is 0 Å². The fraction of sp³-hybridized carbons (Fsp3) is 0.455. The lowest BCUT2D eigenvalue weighted by molar-refractivity contribution is 0.284. The Labute approximate surface area is 82.8 Å². The van der Waals surface area contributed by atoms with Crippen LogP contribution in [0.25, 0.3) is 0 Å². The molecular formula is C11H14FNO. The van der Waals surface area contributed by atoms with Gasteiger partial charge in [0.2, 0.25) is 0 Å². The number of benzene rings is 1. The Morgan fingerprint density at radius 3 is 3.14 bits per heavy atom. The molecule has 0 amide bonds. The summed E-state index contributed by atoms with van der Waals surface area (Å²) in [6.45, 7) is 0.745. The number of halogens is 1. The summed E-state index contributed by atoms with van der Waals surface area (Å²) >= 11 is 0. The van der Waals surface area contributed by atoms with Gasteiger partial charge < -0.3 is 10.4 Å². The molecule has 0 bridgehead atoms. The summed E-state index contributed by atoms with van der Waals surface area (Å²) in [7, 11) is 0. The monoisotopic (exact) mass is 195 g/mol. The number of hydrogen-bond donors (Lipinski definition) is 2. The van der Waals surface area contributed by atoms with E-state index >= 15 is 0 Å². The van der Waals surface area contributed by atoms with Crippen molar-refractivity contribution < 1.29 is 9.50 Å². The van der Waals surface area contributed by atoms with E-state index in [2.05, 4.69) is 5.32 Å². The smallest absolute Gasteiger partial charge is 0.123 e. The number of aryl methyl sites for hydroxylation is 1. The van der Waals surface area contributed by atoms with Gasteiger partial charge in [-0.15, -0.1) is 0 Å². The molecule has 0 heterocycles. The first-order valence-electron chi connectivity index (χ1n) is 4.94. The van der Waals surface area contributed by atoms with Crippen LogP contribution in [0.3, 0.4) is 0 Å². The summed E-state index contributed by atoms with van der Waals surface area (Å²) in [5.41, 5.74) is 2.28. The molecule has 76 valence electrons. The molecule has 0 saturated carbocycles. The predicted molar refractivity (Wildman–Crippen MR) is 52.6 cm³/mol. The maximum Gasteiger partial charge on any atom is 0.123 e. The average molecular weight is 195 g/mol. The minimum Gasteiger partial charge on any atom is -0.395 e. The van der Waals surface area contributed by atoms with Gasteiger partial charge in [-0.05, 0) is 36.1 Å². The summed E-state index contributed by atoms with van der Waals surface area (Å²) in [5, 5.41) is 11.9. The third-order valence-corrected chi connectivity index (χ3v) is 2.69. The van der Waals surface area contributed by atoms with Crippen LogP contribution >= 0.6 is 0 Å². The highest BCUT2D eigenvalue weighted by Crippen LogP contribution is 2.31. The van der Waals surface area contributed by atoms with E-state index in [9.17, 15) is 4.39 Å². The van der Waals surface area contributed by atoms with Gasteiger partial charge in [0.1, 0.15) is 5.82 Å².